The van der Waals surface area contributed by atoms with Gasteiger partial charge in [-0.25, -0.2) is 13.1 Å². The first-order chi connectivity index (χ1) is 8.98. The van der Waals surface area contributed by atoms with Crippen LogP contribution in [0.3, 0.4) is 0 Å². The summed E-state index contributed by atoms with van der Waals surface area (Å²) >= 11 is 1.48. The maximum absolute atomic E-state index is 11.8. The number of nitrogens with two attached hydrogens (primary N) is 1. The molecular weight excluding hydrogens is 280 g/mol. The van der Waals surface area contributed by atoms with E-state index in [4.69, 9.17) is 5.73 Å². The summed E-state index contributed by atoms with van der Waals surface area (Å²) in [6.07, 6.45) is 1.14. The van der Waals surface area contributed by atoms with Crippen LogP contribution in [0, 0.1) is 11.8 Å². The van der Waals surface area contributed by atoms with Gasteiger partial charge >= 0.3 is 0 Å². The minimum Gasteiger partial charge on any atom is -0.398 e. The second-order valence-electron chi connectivity index (χ2n) is 5.03. The molecule has 0 amide bonds. The normalized spacial score (nSPS) is 22.4. The van der Waals surface area contributed by atoms with E-state index in [0.717, 1.165) is 11.3 Å². The zero-order valence-corrected chi connectivity index (χ0v) is 12.6. The quantitative estimate of drug-likeness (QED) is 0.596. The van der Waals surface area contributed by atoms with Crippen LogP contribution in [0.25, 0.3) is 0 Å². The number of hydrogen-bond acceptors (Lipinski definition) is 4. The molecule has 0 bridgehead atoms. The lowest BCUT2D eigenvalue weighted by Crippen LogP contribution is -2.29. The highest BCUT2D eigenvalue weighted by Gasteiger charge is 2.32. The van der Waals surface area contributed by atoms with Crippen molar-refractivity contribution < 1.29 is 8.42 Å². The van der Waals surface area contributed by atoms with Crippen molar-refractivity contribution in [3.05, 3.63) is 24.3 Å². The van der Waals surface area contributed by atoms with Gasteiger partial charge in [0.25, 0.3) is 0 Å². The average molecular weight is 300 g/mol. The third kappa shape index (κ3) is 4.71. The number of anilines is 1. The number of para-hydroxylation sites is 1. The Morgan fingerprint density at radius 1 is 1.42 bits per heavy atom. The third-order valence-corrected chi connectivity index (χ3v) is 6.07. The van der Waals surface area contributed by atoms with E-state index >= 15 is 0 Å². The van der Waals surface area contributed by atoms with Crippen LogP contribution < -0.4 is 10.5 Å². The summed E-state index contributed by atoms with van der Waals surface area (Å²) in [5, 5.41) is 0. The van der Waals surface area contributed by atoms with Gasteiger partial charge in [0.1, 0.15) is 0 Å². The molecule has 19 heavy (non-hydrogen) atoms. The lowest BCUT2D eigenvalue weighted by Gasteiger charge is -2.07. The number of sulfonamides is 1. The van der Waals surface area contributed by atoms with Gasteiger partial charge in [-0.3, -0.25) is 0 Å². The molecular formula is C13H20N2O2S2. The second-order valence-corrected chi connectivity index (χ2v) is 8.09. The van der Waals surface area contributed by atoms with Crippen molar-refractivity contribution in [1.29, 1.82) is 0 Å². The highest BCUT2D eigenvalue weighted by molar-refractivity contribution is 8.00. The lowest BCUT2D eigenvalue weighted by atomic mass is 10.3. The Kier molecular flexibility index (Phi) is 4.76. The fraction of sp³-hybridized carbons (Fsp3) is 0.538. The number of hydrogen-bond donors (Lipinski definition) is 2. The molecule has 3 N–H and O–H groups in total. The number of rotatable bonds is 7. The Bertz CT molecular complexity index is 531. The molecule has 0 aromatic heterocycles. The van der Waals surface area contributed by atoms with Gasteiger partial charge in [0.05, 0.1) is 5.75 Å². The number of nitrogens with one attached hydrogen (secondary N) is 1. The SMILES string of the molecule is CC1CC1CNS(=O)(=O)CCSc1ccccc1N. The molecule has 0 saturated heterocycles. The topological polar surface area (TPSA) is 72.2 Å². The second kappa shape index (κ2) is 6.15. The molecule has 0 aliphatic heterocycles. The molecule has 0 radical (unpaired) electrons. The van der Waals surface area contributed by atoms with E-state index in [0.29, 0.717) is 29.8 Å². The van der Waals surface area contributed by atoms with Gasteiger partial charge in [0.15, 0.2) is 0 Å². The summed E-state index contributed by atoms with van der Waals surface area (Å²) in [5.41, 5.74) is 6.51. The highest BCUT2D eigenvalue weighted by Crippen LogP contribution is 2.36. The number of thioether (sulfide) groups is 1. The Labute approximate surface area is 119 Å². The van der Waals surface area contributed by atoms with Crippen molar-refractivity contribution >= 4 is 27.5 Å². The van der Waals surface area contributed by atoms with E-state index in [-0.39, 0.29) is 5.75 Å². The van der Waals surface area contributed by atoms with Crippen LogP contribution in [0.2, 0.25) is 0 Å². The molecule has 1 aliphatic rings. The van der Waals surface area contributed by atoms with E-state index in [1.165, 1.54) is 11.8 Å². The summed E-state index contributed by atoms with van der Waals surface area (Å²) in [6, 6.07) is 7.50. The summed E-state index contributed by atoms with van der Waals surface area (Å²) in [5.74, 6) is 1.85. The third-order valence-electron chi connectivity index (χ3n) is 3.37. The van der Waals surface area contributed by atoms with Crippen LogP contribution in [0.4, 0.5) is 5.69 Å². The number of nitrogen functional groups attached to an aromatic ring is 1. The fourth-order valence-corrected chi connectivity index (χ4v) is 4.32. The van der Waals surface area contributed by atoms with Crippen LogP contribution in [0.15, 0.2) is 29.2 Å². The van der Waals surface area contributed by atoms with Gasteiger partial charge in [-0.15, -0.1) is 11.8 Å². The molecule has 1 fully saturated rings. The molecule has 0 spiro atoms. The largest absolute Gasteiger partial charge is 0.398 e. The zero-order valence-electron chi connectivity index (χ0n) is 11.0. The van der Waals surface area contributed by atoms with Gasteiger partial charge in [0.2, 0.25) is 10.0 Å². The Morgan fingerprint density at radius 2 is 2.11 bits per heavy atom. The summed E-state index contributed by atoms with van der Waals surface area (Å²) < 4.78 is 26.3. The van der Waals surface area contributed by atoms with E-state index < -0.39 is 10.0 Å². The Morgan fingerprint density at radius 3 is 2.74 bits per heavy atom. The van der Waals surface area contributed by atoms with Crippen LogP contribution in [0.1, 0.15) is 13.3 Å². The molecule has 1 saturated carbocycles. The standard InChI is InChI=1S/C13H20N2O2S2/c1-10-8-11(10)9-15-19(16,17)7-6-18-13-5-3-2-4-12(13)14/h2-5,10-11,15H,6-9,14H2,1H3. The highest BCUT2D eigenvalue weighted by atomic mass is 32.2. The van der Waals surface area contributed by atoms with Gasteiger partial charge in [-0.05, 0) is 30.4 Å². The molecule has 4 nitrogen and oxygen atoms in total. The minimum absolute atomic E-state index is 0.132. The van der Waals surface area contributed by atoms with Gasteiger partial charge < -0.3 is 5.73 Å². The molecule has 1 aromatic carbocycles. The van der Waals surface area contributed by atoms with Crippen molar-refractivity contribution in [2.24, 2.45) is 11.8 Å². The van der Waals surface area contributed by atoms with E-state index in [1.807, 2.05) is 24.3 Å². The summed E-state index contributed by atoms with van der Waals surface area (Å²) in [6.45, 7) is 2.73. The fourth-order valence-electron chi connectivity index (χ4n) is 1.86. The summed E-state index contributed by atoms with van der Waals surface area (Å²) in [7, 11) is -3.15. The monoisotopic (exact) mass is 300 g/mol. The maximum atomic E-state index is 11.8. The molecule has 1 aliphatic carbocycles. The van der Waals surface area contributed by atoms with E-state index in [9.17, 15) is 8.42 Å². The molecule has 2 rings (SSSR count). The molecule has 0 heterocycles. The first kappa shape index (κ1) is 14.7. The van der Waals surface area contributed by atoms with Crippen LogP contribution >= 0.6 is 11.8 Å². The van der Waals surface area contributed by atoms with Crippen molar-refractivity contribution in [2.75, 3.05) is 23.8 Å². The van der Waals surface area contributed by atoms with Crippen LogP contribution in [-0.4, -0.2) is 26.5 Å². The summed E-state index contributed by atoms with van der Waals surface area (Å²) in [4.78, 5) is 0.938. The van der Waals surface area contributed by atoms with Gasteiger partial charge in [0, 0.05) is 22.9 Å². The molecule has 2 unspecified atom stereocenters. The predicted molar refractivity (Wildman–Crippen MR) is 80.6 cm³/mol. The molecule has 106 valence electrons. The van der Waals surface area contributed by atoms with Gasteiger partial charge in [-0.1, -0.05) is 19.1 Å². The zero-order chi connectivity index (χ0) is 13.9. The van der Waals surface area contributed by atoms with Crippen molar-refractivity contribution in [1.82, 2.24) is 4.72 Å². The van der Waals surface area contributed by atoms with E-state index in [2.05, 4.69) is 11.6 Å². The first-order valence-corrected chi connectivity index (χ1v) is 9.06. The van der Waals surface area contributed by atoms with Crippen LogP contribution in [-0.2, 0) is 10.0 Å². The molecule has 1 aromatic rings. The molecule has 6 heteroatoms. The lowest BCUT2D eigenvalue weighted by molar-refractivity contribution is 0.576. The smallest absolute Gasteiger partial charge is 0.212 e. The van der Waals surface area contributed by atoms with Crippen molar-refractivity contribution in [3.63, 3.8) is 0 Å². The van der Waals surface area contributed by atoms with Crippen molar-refractivity contribution in [2.45, 2.75) is 18.2 Å². The predicted octanol–water partition coefficient (Wildman–Crippen LogP) is 1.94. The minimum atomic E-state index is -3.15. The maximum Gasteiger partial charge on any atom is 0.212 e. The average Bonchev–Trinajstić information content (AvgIpc) is 3.06. The van der Waals surface area contributed by atoms with E-state index in [1.54, 1.807) is 0 Å². The van der Waals surface area contributed by atoms with Crippen LogP contribution in [0.5, 0.6) is 0 Å². The number of benzene rings is 1. The Hall–Kier alpha value is -0.720. The Balaban J connectivity index is 1.73. The first-order valence-electron chi connectivity index (χ1n) is 6.42. The van der Waals surface area contributed by atoms with Crippen molar-refractivity contribution in [3.8, 4) is 0 Å². The van der Waals surface area contributed by atoms with Gasteiger partial charge in [-0.2, -0.15) is 0 Å². The molecule has 2 atom stereocenters.